The summed E-state index contributed by atoms with van der Waals surface area (Å²) in [5.74, 6) is 0.746. The maximum absolute atomic E-state index is 5.87. The lowest BCUT2D eigenvalue weighted by molar-refractivity contribution is 0.239. The van der Waals surface area contributed by atoms with Crippen molar-refractivity contribution in [2.45, 2.75) is 26.3 Å². The maximum Gasteiger partial charge on any atom is 0.0562 e. The molecule has 0 radical (unpaired) electrons. The Morgan fingerprint density at radius 1 is 1.50 bits per heavy atom. The molecule has 1 aromatic rings. The Hall–Kier alpha value is 0.1000. The molecule has 0 aliphatic rings. The van der Waals surface area contributed by atoms with Crippen LogP contribution in [-0.4, -0.2) is 25.0 Å². The van der Waals surface area contributed by atoms with Crippen LogP contribution in [-0.2, 0) is 0 Å². The van der Waals surface area contributed by atoms with Gasteiger partial charge in [-0.05, 0) is 47.9 Å². The summed E-state index contributed by atoms with van der Waals surface area (Å²) < 4.78 is 1.16. The highest BCUT2D eigenvalue weighted by Crippen LogP contribution is 2.28. The third kappa shape index (κ3) is 4.17. The first kappa shape index (κ1) is 14.2. The molecule has 0 aromatic carbocycles. The molecule has 2 N–H and O–H groups in total. The first-order valence-electron chi connectivity index (χ1n) is 5.68. The Morgan fingerprint density at radius 3 is 2.62 bits per heavy atom. The maximum atomic E-state index is 5.87. The number of likely N-dealkylation sites (N-methyl/N-ethyl adjacent to an activating group) is 1. The van der Waals surface area contributed by atoms with E-state index in [4.69, 9.17) is 5.73 Å². The lowest BCUT2D eigenvalue weighted by Gasteiger charge is -2.26. The molecule has 0 fully saturated rings. The van der Waals surface area contributed by atoms with Crippen LogP contribution in [0.15, 0.2) is 15.9 Å². The fraction of sp³-hybridized carbons (Fsp3) is 0.667. The molecule has 0 aliphatic carbocycles. The van der Waals surface area contributed by atoms with E-state index < -0.39 is 0 Å². The molecule has 0 saturated heterocycles. The largest absolute Gasteiger partial charge is 0.329 e. The molecule has 2 nitrogen and oxygen atoms in total. The van der Waals surface area contributed by atoms with Crippen molar-refractivity contribution >= 4 is 27.3 Å². The zero-order valence-electron chi connectivity index (χ0n) is 10.2. The van der Waals surface area contributed by atoms with Gasteiger partial charge in [0.05, 0.1) is 6.04 Å². The molecule has 0 amide bonds. The molecule has 1 rings (SSSR count). The predicted molar refractivity (Wildman–Crippen MR) is 75.9 cm³/mol. The normalized spacial score (nSPS) is 13.7. The van der Waals surface area contributed by atoms with Gasteiger partial charge in [0.15, 0.2) is 0 Å². The summed E-state index contributed by atoms with van der Waals surface area (Å²) >= 11 is 5.27. The minimum absolute atomic E-state index is 0.357. The van der Waals surface area contributed by atoms with Crippen molar-refractivity contribution in [3.63, 3.8) is 0 Å². The SMILES string of the molecule is CC(C)CCN(C)C(CN)c1cc(Br)cs1. The molecule has 1 aromatic heterocycles. The molecule has 16 heavy (non-hydrogen) atoms. The Morgan fingerprint density at radius 2 is 2.19 bits per heavy atom. The first-order valence-corrected chi connectivity index (χ1v) is 7.36. The van der Waals surface area contributed by atoms with E-state index in [1.54, 1.807) is 11.3 Å². The minimum Gasteiger partial charge on any atom is -0.329 e. The monoisotopic (exact) mass is 304 g/mol. The van der Waals surface area contributed by atoms with Gasteiger partial charge in [-0.1, -0.05) is 13.8 Å². The van der Waals surface area contributed by atoms with E-state index >= 15 is 0 Å². The van der Waals surface area contributed by atoms with Gasteiger partial charge >= 0.3 is 0 Å². The summed E-state index contributed by atoms with van der Waals surface area (Å²) in [5, 5.41) is 2.12. The van der Waals surface area contributed by atoms with E-state index in [0.717, 1.165) is 16.9 Å². The second kappa shape index (κ2) is 6.74. The third-order valence-electron chi connectivity index (χ3n) is 2.73. The first-order chi connectivity index (χ1) is 7.54. The number of nitrogens with two attached hydrogens (primary N) is 1. The van der Waals surface area contributed by atoms with Crippen LogP contribution in [0.4, 0.5) is 0 Å². The van der Waals surface area contributed by atoms with Crippen LogP contribution >= 0.6 is 27.3 Å². The van der Waals surface area contributed by atoms with Gasteiger partial charge in [-0.2, -0.15) is 0 Å². The van der Waals surface area contributed by atoms with Crippen LogP contribution in [0, 0.1) is 5.92 Å². The summed E-state index contributed by atoms with van der Waals surface area (Å²) in [4.78, 5) is 3.71. The molecule has 4 heteroatoms. The highest BCUT2D eigenvalue weighted by atomic mass is 79.9. The number of hydrogen-bond acceptors (Lipinski definition) is 3. The molecule has 0 aliphatic heterocycles. The van der Waals surface area contributed by atoms with Crippen molar-refractivity contribution in [1.29, 1.82) is 0 Å². The van der Waals surface area contributed by atoms with Crippen LogP contribution in [0.2, 0.25) is 0 Å². The second-order valence-electron chi connectivity index (χ2n) is 4.58. The van der Waals surface area contributed by atoms with Gasteiger partial charge in [0.2, 0.25) is 0 Å². The van der Waals surface area contributed by atoms with Crippen LogP contribution < -0.4 is 5.73 Å². The summed E-state index contributed by atoms with van der Waals surface area (Å²) in [6, 6.07) is 2.53. The average molecular weight is 305 g/mol. The average Bonchev–Trinajstić information content (AvgIpc) is 2.63. The van der Waals surface area contributed by atoms with E-state index in [-0.39, 0.29) is 0 Å². The van der Waals surface area contributed by atoms with Gasteiger partial charge in [-0.3, -0.25) is 4.90 Å². The molecular weight excluding hydrogens is 284 g/mol. The number of thiophene rings is 1. The zero-order valence-corrected chi connectivity index (χ0v) is 12.6. The standard InChI is InChI=1S/C12H21BrN2S/c1-9(2)4-5-15(3)11(7-14)12-6-10(13)8-16-12/h6,8-9,11H,4-5,7,14H2,1-3H3. The second-order valence-corrected chi connectivity index (χ2v) is 6.44. The molecule has 0 saturated carbocycles. The Labute approximate surface area is 111 Å². The van der Waals surface area contributed by atoms with Crippen molar-refractivity contribution < 1.29 is 0 Å². The number of halogens is 1. The van der Waals surface area contributed by atoms with Crippen molar-refractivity contribution in [2.75, 3.05) is 20.1 Å². The van der Waals surface area contributed by atoms with Gasteiger partial charge in [-0.15, -0.1) is 11.3 Å². The van der Waals surface area contributed by atoms with Gasteiger partial charge in [0, 0.05) is 21.3 Å². The topological polar surface area (TPSA) is 29.3 Å². The minimum atomic E-state index is 0.357. The van der Waals surface area contributed by atoms with Gasteiger partial charge in [0.1, 0.15) is 0 Å². The van der Waals surface area contributed by atoms with Gasteiger partial charge < -0.3 is 5.73 Å². The quantitative estimate of drug-likeness (QED) is 0.872. The molecule has 0 bridgehead atoms. The number of hydrogen-bond donors (Lipinski definition) is 1. The molecular formula is C12H21BrN2S. The summed E-state index contributed by atoms with van der Waals surface area (Å²) in [7, 11) is 2.16. The Bertz CT molecular complexity index is 312. The van der Waals surface area contributed by atoms with Crippen molar-refractivity contribution in [2.24, 2.45) is 11.7 Å². The Balaban J connectivity index is 2.59. The molecule has 0 spiro atoms. The molecule has 1 atom stereocenters. The molecule has 92 valence electrons. The van der Waals surface area contributed by atoms with Crippen LogP contribution in [0.25, 0.3) is 0 Å². The van der Waals surface area contributed by atoms with E-state index in [1.165, 1.54) is 11.3 Å². The zero-order chi connectivity index (χ0) is 12.1. The van der Waals surface area contributed by atoms with E-state index in [9.17, 15) is 0 Å². The molecule has 1 unspecified atom stereocenters. The van der Waals surface area contributed by atoms with Crippen molar-refractivity contribution in [1.82, 2.24) is 4.90 Å². The smallest absolute Gasteiger partial charge is 0.0562 e. The van der Waals surface area contributed by atoms with Crippen molar-refractivity contribution in [3.05, 3.63) is 20.8 Å². The van der Waals surface area contributed by atoms with Crippen LogP contribution in [0.5, 0.6) is 0 Å². The highest BCUT2D eigenvalue weighted by Gasteiger charge is 2.17. The third-order valence-corrected chi connectivity index (χ3v) is 4.53. The Kier molecular flexibility index (Phi) is 5.97. The summed E-state index contributed by atoms with van der Waals surface area (Å²) in [5.41, 5.74) is 5.87. The van der Waals surface area contributed by atoms with E-state index in [1.807, 2.05) is 0 Å². The summed E-state index contributed by atoms with van der Waals surface area (Å²) in [6.45, 7) is 6.30. The fourth-order valence-corrected chi connectivity index (χ4v) is 3.26. The van der Waals surface area contributed by atoms with E-state index in [2.05, 4.69) is 53.2 Å². The fourth-order valence-electron chi connectivity index (χ4n) is 1.63. The number of rotatable bonds is 6. The summed E-state index contributed by atoms with van der Waals surface area (Å²) in [6.07, 6.45) is 1.22. The van der Waals surface area contributed by atoms with Crippen LogP contribution in [0.3, 0.4) is 0 Å². The predicted octanol–water partition coefficient (Wildman–Crippen LogP) is 3.49. The van der Waals surface area contributed by atoms with Gasteiger partial charge in [-0.25, -0.2) is 0 Å². The lowest BCUT2D eigenvalue weighted by atomic mass is 10.1. The highest BCUT2D eigenvalue weighted by molar-refractivity contribution is 9.10. The lowest BCUT2D eigenvalue weighted by Crippen LogP contribution is -2.31. The van der Waals surface area contributed by atoms with Crippen LogP contribution in [0.1, 0.15) is 31.2 Å². The van der Waals surface area contributed by atoms with E-state index in [0.29, 0.717) is 12.6 Å². The molecule has 1 heterocycles. The van der Waals surface area contributed by atoms with Gasteiger partial charge in [0.25, 0.3) is 0 Å². The van der Waals surface area contributed by atoms with Crippen molar-refractivity contribution in [3.8, 4) is 0 Å². The number of nitrogens with zero attached hydrogens (tertiary/aromatic N) is 1.